The molecule has 4 N–H and O–H groups in total. The molecule has 0 bridgehead atoms. The number of urea groups is 1. The Morgan fingerprint density at radius 2 is 2.06 bits per heavy atom. The number of nitrogens with zero attached hydrogens (tertiary/aromatic N) is 2. The van der Waals surface area contributed by atoms with Gasteiger partial charge in [0.1, 0.15) is 11.2 Å². The maximum Gasteiger partial charge on any atom is 0.319 e. The molecule has 0 saturated carbocycles. The molecule has 2 aromatic carbocycles. The van der Waals surface area contributed by atoms with Crippen molar-refractivity contribution < 1.29 is 19.5 Å². The van der Waals surface area contributed by atoms with Crippen molar-refractivity contribution in [3.63, 3.8) is 0 Å². The third-order valence-electron chi connectivity index (χ3n) is 6.54. The Bertz CT molecular complexity index is 1350. The van der Waals surface area contributed by atoms with Crippen LogP contribution in [0.2, 0.25) is 0 Å². The molecule has 4 amide bonds. The number of hydrogen-bond donors (Lipinski definition) is 4. The van der Waals surface area contributed by atoms with E-state index in [2.05, 4.69) is 16.0 Å². The molecule has 0 radical (unpaired) electrons. The van der Waals surface area contributed by atoms with Crippen molar-refractivity contribution in [2.45, 2.75) is 58.0 Å². The van der Waals surface area contributed by atoms with Gasteiger partial charge < -0.3 is 15.7 Å². The number of aliphatic hydroxyl groups excluding tert-OH is 1. The van der Waals surface area contributed by atoms with Crippen LogP contribution >= 0.6 is 11.3 Å². The highest BCUT2D eigenvalue weighted by atomic mass is 32.1. The summed E-state index contributed by atoms with van der Waals surface area (Å²) in [4.78, 5) is 43.0. The molecule has 2 atom stereocenters. The number of aliphatic hydroxyl groups is 1. The Balaban J connectivity index is 1.27. The van der Waals surface area contributed by atoms with E-state index in [1.165, 1.54) is 0 Å². The number of rotatable bonds is 4. The quantitative estimate of drug-likeness (QED) is 0.414. The fourth-order valence-corrected chi connectivity index (χ4v) is 5.77. The highest BCUT2D eigenvalue weighted by molar-refractivity contribution is 7.18. The molecule has 3 aromatic rings. The van der Waals surface area contributed by atoms with E-state index >= 15 is 0 Å². The van der Waals surface area contributed by atoms with E-state index in [1.54, 1.807) is 34.4 Å². The fourth-order valence-electron chi connectivity index (χ4n) is 4.67. The zero-order valence-electron chi connectivity index (χ0n) is 19.7. The van der Waals surface area contributed by atoms with Gasteiger partial charge in [0.25, 0.3) is 0 Å². The van der Waals surface area contributed by atoms with Gasteiger partial charge in [-0.25, -0.2) is 9.78 Å². The predicted octanol–water partition coefficient (Wildman–Crippen LogP) is 3.27. The summed E-state index contributed by atoms with van der Waals surface area (Å²) < 4.78 is 1.08. The molecule has 2 unspecified atom stereocenters. The van der Waals surface area contributed by atoms with E-state index in [1.807, 2.05) is 39.0 Å². The van der Waals surface area contributed by atoms with Gasteiger partial charge in [0.2, 0.25) is 11.8 Å². The molecule has 1 fully saturated rings. The molecule has 0 aliphatic carbocycles. The van der Waals surface area contributed by atoms with Crippen LogP contribution in [0.4, 0.5) is 10.5 Å². The number of nitrogens with one attached hydrogen (secondary N) is 3. The van der Waals surface area contributed by atoms with Crippen LogP contribution in [-0.4, -0.2) is 38.9 Å². The first-order chi connectivity index (χ1) is 16.6. The van der Waals surface area contributed by atoms with Crippen LogP contribution in [-0.2, 0) is 21.7 Å². The number of benzene rings is 2. The Kier molecular flexibility index (Phi) is 5.82. The minimum atomic E-state index is -0.946. The topological polar surface area (TPSA) is 124 Å². The number of carbonyl (C=O) groups is 3. The van der Waals surface area contributed by atoms with Crippen molar-refractivity contribution in [2.75, 3.05) is 5.32 Å². The van der Waals surface area contributed by atoms with Crippen molar-refractivity contribution in [3.8, 4) is 0 Å². The van der Waals surface area contributed by atoms with E-state index < -0.39 is 23.7 Å². The third-order valence-corrected chi connectivity index (χ3v) is 7.88. The molecular formula is C25H27N5O4S. The number of imide groups is 1. The molecule has 0 spiro atoms. The lowest BCUT2D eigenvalue weighted by atomic mass is 10.0. The standard InChI is InChI=1S/C25H27N5O4S/c1-13-5-4-6-18-20(13)28-23(35-18)25(2,3)29-24(34)26-15-7-8-16-14(11-15)12-30(22(16)33)17-9-10-19(31)27-21(17)32/h4-8,11,17,22,33H,9-10,12H2,1-3H3,(H2,26,29,34)(H,27,31,32). The molecule has 2 aliphatic rings. The van der Waals surface area contributed by atoms with Gasteiger partial charge in [-0.15, -0.1) is 11.3 Å². The second kappa shape index (κ2) is 8.71. The minimum absolute atomic E-state index is 0.243. The Hall–Kier alpha value is -3.34. The molecule has 1 aromatic heterocycles. The summed E-state index contributed by atoms with van der Waals surface area (Å²) in [6.07, 6.45) is -0.338. The van der Waals surface area contributed by atoms with Gasteiger partial charge >= 0.3 is 6.03 Å². The van der Waals surface area contributed by atoms with Crippen LogP contribution in [0, 0.1) is 6.92 Å². The molecule has 2 aliphatic heterocycles. The predicted molar refractivity (Wildman–Crippen MR) is 133 cm³/mol. The van der Waals surface area contributed by atoms with Crippen molar-refractivity contribution >= 4 is 45.1 Å². The second-order valence-electron chi connectivity index (χ2n) is 9.57. The molecule has 9 nitrogen and oxygen atoms in total. The molecule has 10 heteroatoms. The molecule has 3 heterocycles. The van der Waals surface area contributed by atoms with Gasteiger partial charge in [0, 0.05) is 24.2 Å². The van der Waals surface area contributed by atoms with E-state index in [9.17, 15) is 19.5 Å². The van der Waals surface area contributed by atoms with Gasteiger partial charge in [0.15, 0.2) is 0 Å². The second-order valence-corrected chi connectivity index (χ2v) is 10.6. The van der Waals surface area contributed by atoms with Crippen molar-refractivity contribution in [1.29, 1.82) is 0 Å². The number of carbonyl (C=O) groups excluding carboxylic acids is 3. The Labute approximate surface area is 206 Å². The summed E-state index contributed by atoms with van der Waals surface area (Å²) in [7, 11) is 0. The average molecular weight is 494 g/mol. The molecular weight excluding hydrogens is 466 g/mol. The first kappa shape index (κ1) is 23.4. The van der Waals surface area contributed by atoms with Crippen LogP contribution in [0.1, 0.15) is 54.6 Å². The molecule has 1 saturated heterocycles. The summed E-state index contributed by atoms with van der Waals surface area (Å²) in [5.74, 6) is -0.683. The first-order valence-corrected chi connectivity index (χ1v) is 12.3. The molecule has 182 valence electrons. The highest BCUT2D eigenvalue weighted by Gasteiger charge is 2.39. The summed E-state index contributed by atoms with van der Waals surface area (Å²) in [6.45, 7) is 6.19. The highest BCUT2D eigenvalue weighted by Crippen LogP contribution is 2.36. The number of amides is 4. The lowest BCUT2D eigenvalue weighted by molar-refractivity contribution is -0.141. The number of hydrogen-bond acceptors (Lipinski definition) is 7. The molecule has 5 rings (SSSR count). The number of aromatic nitrogens is 1. The SMILES string of the molecule is Cc1cccc2sc(C(C)(C)NC(=O)Nc3ccc4c(c3)CN(C3CCC(=O)NC3=O)C4O)nc12. The number of fused-ring (bicyclic) bond motifs is 2. The summed E-state index contributed by atoms with van der Waals surface area (Å²) in [5, 5.41) is 19.8. The average Bonchev–Trinajstić information content (AvgIpc) is 3.36. The van der Waals surface area contributed by atoms with E-state index in [0.717, 1.165) is 26.4 Å². The van der Waals surface area contributed by atoms with Crippen LogP contribution in [0.3, 0.4) is 0 Å². The number of anilines is 1. The number of para-hydroxylation sites is 1. The minimum Gasteiger partial charge on any atom is -0.374 e. The Morgan fingerprint density at radius 1 is 1.26 bits per heavy atom. The van der Waals surface area contributed by atoms with E-state index in [-0.39, 0.29) is 18.4 Å². The summed E-state index contributed by atoms with van der Waals surface area (Å²) in [6, 6.07) is 10.4. The van der Waals surface area contributed by atoms with Crippen molar-refractivity contribution in [1.82, 2.24) is 20.5 Å². The summed E-state index contributed by atoms with van der Waals surface area (Å²) >= 11 is 1.56. The van der Waals surface area contributed by atoms with Crippen LogP contribution in [0.25, 0.3) is 10.2 Å². The molecule has 35 heavy (non-hydrogen) atoms. The van der Waals surface area contributed by atoms with Crippen molar-refractivity contribution in [2.24, 2.45) is 0 Å². The summed E-state index contributed by atoms with van der Waals surface area (Å²) in [5.41, 5.74) is 3.44. The first-order valence-electron chi connectivity index (χ1n) is 11.5. The smallest absolute Gasteiger partial charge is 0.319 e. The normalized spacial score (nSPS) is 20.6. The van der Waals surface area contributed by atoms with Crippen LogP contribution < -0.4 is 16.0 Å². The zero-order chi connectivity index (χ0) is 24.9. The van der Waals surface area contributed by atoms with Gasteiger partial charge in [-0.05, 0) is 56.5 Å². The van der Waals surface area contributed by atoms with Crippen LogP contribution in [0.15, 0.2) is 36.4 Å². The lowest BCUT2D eigenvalue weighted by Crippen LogP contribution is -2.51. The van der Waals surface area contributed by atoms with Gasteiger partial charge in [0.05, 0.1) is 21.8 Å². The van der Waals surface area contributed by atoms with Crippen LogP contribution in [0.5, 0.6) is 0 Å². The van der Waals surface area contributed by atoms with Crippen molar-refractivity contribution in [3.05, 3.63) is 58.1 Å². The third kappa shape index (κ3) is 4.40. The number of piperidine rings is 1. The maximum absolute atomic E-state index is 12.8. The fraction of sp³-hybridized carbons (Fsp3) is 0.360. The number of thiazole rings is 1. The zero-order valence-corrected chi connectivity index (χ0v) is 20.5. The largest absolute Gasteiger partial charge is 0.374 e. The van der Waals surface area contributed by atoms with E-state index in [0.29, 0.717) is 24.2 Å². The Morgan fingerprint density at radius 3 is 2.80 bits per heavy atom. The number of aryl methyl sites for hydroxylation is 1. The van der Waals surface area contributed by atoms with Gasteiger partial charge in [-0.3, -0.25) is 19.8 Å². The lowest BCUT2D eigenvalue weighted by Gasteiger charge is -2.31. The maximum atomic E-state index is 12.8. The van der Waals surface area contributed by atoms with Gasteiger partial charge in [-0.1, -0.05) is 18.2 Å². The monoisotopic (exact) mass is 493 g/mol. The van der Waals surface area contributed by atoms with Gasteiger partial charge in [-0.2, -0.15) is 0 Å². The van der Waals surface area contributed by atoms with E-state index in [4.69, 9.17) is 4.98 Å².